The van der Waals surface area contributed by atoms with Crippen LogP contribution in [-0.4, -0.2) is 19.8 Å². The minimum atomic E-state index is -2.43. The van der Waals surface area contributed by atoms with E-state index in [0.29, 0.717) is 29.2 Å². The topological polar surface area (TPSA) is 95.7 Å². The van der Waals surface area contributed by atoms with E-state index in [1.807, 2.05) is 37.3 Å². The zero-order valence-electron chi connectivity index (χ0n) is 16.5. The monoisotopic (exact) mass is 413 g/mol. The predicted octanol–water partition coefficient (Wildman–Crippen LogP) is 4.45. The Morgan fingerprint density at radius 2 is 1.83 bits per heavy atom. The van der Waals surface area contributed by atoms with Crippen LogP contribution in [0.25, 0.3) is 0 Å². The number of nitrogens with zero attached hydrogens (tertiary/aromatic N) is 2. The van der Waals surface area contributed by atoms with Gasteiger partial charge in [0.15, 0.2) is 5.76 Å². The predicted molar refractivity (Wildman–Crippen MR) is 112 cm³/mol. The molecule has 3 aromatic rings. The molecule has 8 heteroatoms. The quantitative estimate of drug-likeness (QED) is 0.558. The number of nitrogens with one attached hydrogen (secondary N) is 1. The van der Waals surface area contributed by atoms with Crippen molar-refractivity contribution in [2.45, 2.75) is 33.2 Å². The van der Waals surface area contributed by atoms with Gasteiger partial charge in [-0.05, 0) is 38.0 Å². The molecule has 1 amide bonds. The second-order valence-corrected chi connectivity index (χ2v) is 7.39. The molecule has 0 fully saturated rings. The van der Waals surface area contributed by atoms with Gasteiger partial charge in [-0.2, -0.15) is 0 Å². The van der Waals surface area contributed by atoms with Crippen molar-refractivity contribution in [1.29, 1.82) is 0 Å². The van der Waals surface area contributed by atoms with E-state index in [4.69, 9.17) is 4.52 Å². The van der Waals surface area contributed by atoms with Crippen LogP contribution in [0.2, 0.25) is 0 Å². The van der Waals surface area contributed by atoms with Gasteiger partial charge in [0, 0.05) is 0 Å². The number of aromatic nitrogens is 1. The van der Waals surface area contributed by atoms with E-state index in [1.165, 1.54) is 0 Å². The molecule has 0 aliphatic heterocycles. The summed E-state index contributed by atoms with van der Waals surface area (Å²) in [6.45, 7) is 5.32. The Kier molecular flexibility index (Phi) is 6.46. The molecular weight excluding hydrogens is 390 g/mol. The fourth-order valence-corrected chi connectivity index (χ4v) is 3.98. The van der Waals surface area contributed by atoms with E-state index < -0.39 is 11.3 Å². The highest BCUT2D eigenvalue weighted by molar-refractivity contribution is 7.81. The third-order valence-electron chi connectivity index (χ3n) is 4.64. The molecule has 29 heavy (non-hydrogen) atoms. The van der Waals surface area contributed by atoms with Gasteiger partial charge in [-0.1, -0.05) is 54.5 Å². The van der Waals surface area contributed by atoms with Crippen molar-refractivity contribution in [3.63, 3.8) is 0 Å². The number of anilines is 2. The van der Waals surface area contributed by atoms with Crippen LogP contribution in [-0.2, 0) is 11.3 Å². The minimum Gasteiger partial charge on any atom is -0.359 e. The summed E-state index contributed by atoms with van der Waals surface area (Å²) in [7, 11) is 0. The van der Waals surface area contributed by atoms with Crippen molar-refractivity contribution in [3.05, 3.63) is 77.2 Å². The molecule has 0 aliphatic carbocycles. The smallest absolute Gasteiger partial charge is 0.266 e. The van der Waals surface area contributed by atoms with Crippen LogP contribution in [0.3, 0.4) is 0 Å². The number of carbonyl (C=O) groups is 1. The van der Waals surface area contributed by atoms with E-state index in [9.17, 15) is 13.6 Å². The first kappa shape index (κ1) is 20.8. The van der Waals surface area contributed by atoms with Crippen molar-refractivity contribution in [2.75, 3.05) is 4.31 Å². The summed E-state index contributed by atoms with van der Waals surface area (Å²) in [5, 5.41) is 6.88. The Morgan fingerprint density at radius 1 is 1.17 bits per heavy atom. The highest BCUT2D eigenvalue weighted by atomic mass is 32.2. The SMILES string of the molecule is CCC(NC(=O)c1ccccc1N(c1c(C)noc1C)S(=O)O)c1ccccc1. The molecule has 3 rings (SSSR count). The molecule has 2 atom stereocenters. The summed E-state index contributed by atoms with van der Waals surface area (Å²) in [6.07, 6.45) is 0.706. The average molecular weight is 413 g/mol. The van der Waals surface area contributed by atoms with Crippen LogP contribution in [0.1, 0.15) is 46.8 Å². The molecule has 0 radical (unpaired) electrons. The van der Waals surface area contributed by atoms with Crippen molar-refractivity contribution < 1.29 is 18.1 Å². The minimum absolute atomic E-state index is 0.177. The van der Waals surface area contributed by atoms with Gasteiger partial charge in [-0.25, -0.2) is 8.51 Å². The van der Waals surface area contributed by atoms with Crippen molar-refractivity contribution in [3.8, 4) is 0 Å². The number of amides is 1. The Bertz CT molecular complexity index is 1000. The summed E-state index contributed by atoms with van der Waals surface area (Å²) < 4.78 is 28.5. The lowest BCUT2D eigenvalue weighted by Crippen LogP contribution is -2.30. The molecule has 2 unspecified atom stereocenters. The first-order valence-electron chi connectivity index (χ1n) is 9.22. The van der Waals surface area contributed by atoms with Crippen LogP contribution >= 0.6 is 0 Å². The number of rotatable bonds is 7. The largest absolute Gasteiger partial charge is 0.359 e. The first-order valence-corrected chi connectivity index (χ1v) is 10.3. The summed E-state index contributed by atoms with van der Waals surface area (Å²) >= 11 is -2.43. The molecule has 7 nitrogen and oxygen atoms in total. The number of hydrogen-bond donors (Lipinski definition) is 2. The van der Waals surface area contributed by atoms with Gasteiger partial charge >= 0.3 is 0 Å². The number of aryl methyl sites for hydroxylation is 2. The van der Waals surface area contributed by atoms with E-state index >= 15 is 0 Å². The summed E-state index contributed by atoms with van der Waals surface area (Å²) in [6, 6.07) is 16.2. The molecule has 152 valence electrons. The van der Waals surface area contributed by atoms with Gasteiger partial charge in [0.1, 0.15) is 11.4 Å². The van der Waals surface area contributed by atoms with Gasteiger partial charge in [-0.15, -0.1) is 0 Å². The Hall–Kier alpha value is -2.97. The zero-order chi connectivity index (χ0) is 21.0. The highest BCUT2D eigenvalue weighted by Crippen LogP contribution is 2.34. The maximum Gasteiger partial charge on any atom is 0.266 e. The Labute approximate surface area is 172 Å². The van der Waals surface area contributed by atoms with Crippen LogP contribution in [0.5, 0.6) is 0 Å². The molecular formula is C21H23N3O4S. The van der Waals surface area contributed by atoms with Gasteiger partial charge in [0.05, 0.1) is 17.3 Å². The second kappa shape index (κ2) is 9.02. The third kappa shape index (κ3) is 4.38. The van der Waals surface area contributed by atoms with E-state index in [0.717, 1.165) is 9.87 Å². The van der Waals surface area contributed by atoms with Crippen molar-refractivity contribution >= 4 is 28.5 Å². The zero-order valence-corrected chi connectivity index (χ0v) is 17.3. The number of carbonyl (C=O) groups excluding carboxylic acids is 1. The molecule has 0 saturated carbocycles. The summed E-state index contributed by atoms with van der Waals surface area (Å²) in [4.78, 5) is 13.1. The van der Waals surface area contributed by atoms with Crippen molar-refractivity contribution in [2.24, 2.45) is 0 Å². The molecule has 0 saturated heterocycles. The van der Waals surface area contributed by atoms with Crippen LogP contribution in [0, 0.1) is 13.8 Å². The number of hydrogen-bond acceptors (Lipinski definition) is 4. The summed E-state index contributed by atoms with van der Waals surface area (Å²) in [5.74, 6) is 0.0503. The highest BCUT2D eigenvalue weighted by Gasteiger charge is 2.27. The van der Waals surface area contributed by atoms with Gasteiger partial charge < -0.3 is 9.84 Å². The molecule has 0 aliphatic rings. The van der Waals surface area contributed by atoms with Crippen molar-refractivity contribution in [1.82, 2.24) is 10.5 Å². The van der Waals surface area contributed by atoms with E-state index in [-0.39, 0.29) is 17.5 Å². The van der Waals surface area contributed by atoms with E-state index in [2.05, 4.69) is 10.5 Å². The van der Waals surface area contributed by atoms with Gasteiger partial charge in [0.25, 0.3) is 17.2 Å². The molecule has 1 aromatic heterocycles. The molecule has 0 bridgehead atoms. The lowest BCUT2D eigenvalue weighted by molar-refractivity contribution is 0.0936. The normalized spacial score (nSPS) is 13.0. The van der Waals surface area contributed by atoms with Crippen LogP contribution < -0.4 is 9.62 Å². The molecule has 1 heterocycles. The number of benzene rings is 2. The molecule has 0 spiro atoms. The fourth-order valence-electron chi connectivity index (χ4n) is 3.24. The third-order valence-corrected chi connectivity index (χ3v) is 5.33. The second-order valence-electron chi connectivity index (χ2n) is 6.56. The molecule has 2 aromatic carbocycles. The van der Waals surface area contributed by atoms with Gasteiger partial charge in [-0.3, -0.25) is 9.35 Å². The van der Waals surface area contributed by atoms with Crippen LogP contribution in [0.15, 0.2) is 59.1 Å². The fraction of sp³-hybridized carbons (Fsp3) is 0.238. The van der Waals surface area contributed by atoms with Crippen LogP contribution in [0.4, 0.5) is 11.4 Å². The maximum atomic E-state index is 13.1. The lowest BCUT2D eigenvalue weighted by atomic mass is 10.0. The maximum absolute atomic E-state index is 13.1. The Balaban J connectivity index is 1.99. The number of para-hydroxylation sites is 1. The Morgan fingerprint density at radius 3 is 2.41 bits per heavy atom. The van der Waals surface area contributed by atoms with E-state index in [1.54, 1.807) is 38.1 Å². The van der Waals surface area contributed by atoms with Gasteiger partial charge in [0.2, 0.25) is 0 Å². The first-order chi connectivity index (χ1) is 13.9. The average Bonchev–Trinajstić information content (AvgIpc) is 3.05. The lowest BCUT2D eigenvalue weighted by Gasteiger charge is -2.23. The molecule has 2 N–H and O–H groups in total. The standard InChI is InChI=1S/C21H23N3O4S/c1-4-18(16-10-6-5-7-11-16)22-21(25)17-12-8-9-13-19(17)24(29(26)27)20-14(2)23-28-15(20)3/h5-13,18H,4H2,1-3H3,(H,22,25)(H,26,27). The summed E-state index contributed by atoms with van der Waals surface area (Å²) in [5.41, 5.74) is 2.39.